The van der Waals surface area contributed by atoms with E-state index in [1.165, 1.54) is 6.08 Å². The molecular formula is C26H29N3O4. The summed E-state index contributed by atoms with van der Waals surface area (Å²) in [6.07, 6.45) is 4.84. The fourth-order valence-electron chi connectivity index (χ4n) is 3.74. The van der Waals surface area contributed by atoms with Crippen LogP contribution in [0.2, 0.25) is 0 Å². The second-order valence-corrected chi connectivity index (χ2v) is 8.26. The quantitative estimate of drug-likeness (QED) is 0.382. The molecule has 0 aliphatic carbocycles. The van der Waals surface area contributed by atoms with Gasteiger partial charge < -0.3 is 20.7 Å². The van der Waals surface area contributed by atoms with E-state index < -0.39 is 23.9 Å². The van der Waals surface area contributed by atoms with Crippen LogP contribution in [0.3, 0.4) is 0 Å². The van der Waals surface area contributed by atoms with E-state index in [1.54, 1.807) is 6.08 Å². The zero-order valence-corrected chi connectivity index (χ0v) is 18.6. The summed E-state index contributed by atoms with van der Waals surface area (Å²) in [5, 5.41) is 8.17. The third-order valence-corrected chi connectivity index (χ3v) is 5.61. The molecule has 1 aliphatic rings. The minimum absolute atomic E-state index is 0.105. The lowest BCUT2D eigenvalue weighted by atomic mass is 9.98. The van der Waals surface area contributed by atoms with Gasteiger partial charge in [-0.1, -0.05) is 60.2 Å². The first-order valence-corrected chi connectivity index (χ1v) is 11.1. The number of aldehydes is 1. The molecule has 3 N–H and O–H groups in total. The van der Waals surface area contributed by atoms with E-state index in [9.17, 15) is 19.2 Å². The predicted octanol–water partition coefficient (Wildman–Crippen LogP) is 1.95. The topological polar surface area (TPSA) is 104 Å². The van der Waals surface area contributed by atoms with Gasteiger partial charge in [0, 0.05) is 25.0 Å². The maximum atomic E-state index is 13.0. The summed E-state index contributed by atoms with van der Waals surface area (Å²) in [4.78, 5) is 49.0. The third-order valence-electron chi connectivity index (χ3n) is 5.61. The van der Waals surface area contributed by atoms with Crippen molar-refractivity contribution in [3.05, 3.63) is 77.4 Å². The number of hydrogen-bond donors (Lipinski definition) is 3. The Bertz CT molecular complexity index is 1000. The van der Waals surface area contributed by atoms with E-state index in [0.717, 1.165) is 16.7 Å². The Morgan fingerprint density at radius 1 is 1.09 bits per heavy atom. The number of amides is 3. The summed E-state index contributed by atoms with van der Waals surface area (Å²) in [7, 11) is 0. The molecule has 2 aromatic rings. The van der Waals surface area contributed by atoms with Crippen molar-refractivity contribution in [3.63, 3.8) is 0 Å². The Morgan fingerprint density at radius 2 is 1.82 bits per heavy atom. The number of rotatable bonds is 10. The number of aryl methyl sites for hydroxylation is 1. The Kier molecular flexibility index (Phi) is 8.52. The van der Waals surface area contributed by atoms with Crippen molar-refractivity contribution in [2.75, 3.05) is 6.54 Å². The summed E-state index contributed by atoms with van der Waals surface area (Å²) < 4.78 is 0. The van der Waals surface area contributed by atoms with Crippen LogP contribution < -0.4 is 16.0 Å². The number of nitrogens with one attached hydrogen (secondary N) is 3. The van der Waals surface area contributed by atoms with Crippen LogP contribution in [0.15, 0.2) is 60.7 Å². The van der Waals surface area contributed by atoms with E-state index >= 15 is 0 Å². The second kappa shape index (κ2) is 11.8. The van der Waals surface area contributed by atoms with Crippen LogP contribution in [0.25, 0.3) is 6.08 Å². The van der Waals surface area contributed by atoms with Crippen LogP contribution in [0.5, 0.6) is 0 Å². The highest BCUT2D eigenvalue weighted by Crippen LogP contribution is 2.16. The summed E-state index contributed by atoms with van der Waals surface area (Å²) >= 11 is 0. The predicted molar refractivity (Wildman–Crippen MR) is 126 cm³/mol. The van der Waals surface area contributed by atoms with Crippen molar-refractivity contribution in [1.29, 1.82) is 0 Å². The van der Waals surface area contributed by atoms with Gasteiger partial charge in [0.2, 0.25) is 17.7 Å². The van der Waals surface area contributed by atoms with Crippen molar-refractivity contribution < 1.29 is 19.2 Å². The average Bonchev–Trinajstić information content (AvgIpc) is 3.22. The normalized spacial score (nSPS) is 17.2. The highest BCUT2D eigenvalue weighted by atomic mass is 16.2. The molecule has 0 radical (unpaired) electrons. The molecule has 7 nitrogen and oxygen atoms in total. The van der Waals surface area contributed by atoms with Gasteiger partial charge in [-0.15, -0.1) is 0 Å². The first-order valence-electron chi connectivity index (χ1n) is 11.1. The van der Waals surface area contributed by atoms with Crippen molar-refractivity contribution in [2.24, 2.45) is 5.92 Å². The van der Waals surface area contributed by atoms with Crippen LogP contribution in [-0.4, -0.2) is 42.6 Å². The Balaban J connectivity index is 1.67. The fourth-order valence-corrected chi connectivity index (χ4v) is 3.74. The summed E-state index contributed by atoms with van der Waals surface area (Å²) in [6.45, 7) is 2.56. The van der Waals surface area contributed by atoms with Crippen molar-refractivity contribution in [1.82, 2.24) is 16.0 Å². The summed E-state index contributed by atoms with van der Waals surface area (Å²) in [5.41, 5.74) is 2.87. The molecule has 33 heavy (non-hydrogen) atoms. The average molecular weight is 448 g/mol. The summed E-state index contributed by atoms with van der Waals surface area (Å²) in [5.74, 6) is -1.29. The first-order chi connectivity index (χ1) is 15.9. The molecule has 1 fully saturated rings. The third kappa shape index (κ3) is 7.42. The molecule has 7 heteroatoms. The molecular weight excluding hydrogens is 418 g/mol. The largest absolute Gasteiger partial charge is 0.356 e. The molecule has 3 atom stereocenters. The highest BCUT2D eigenvalue weighted by Gasteiger charge is 2.29. The van der Waals surface area contributed by atoms with E-state index in [4.69, 9.17) is 0 Å². The minimum Gasteiger partial charge on any atom is -0.356 e. The molecule has 1 aliphatic heterocycles. The minimum atomic E-state index is -0.873. The number of carbonyl (C=O) groups excluding carboxylic acids is 4. The molecule has 1 saturated heterocycles. The van der Waals surface area contributed by atoms with Crippen molar-refractivity contribution in [3.8, 4) is 0 Å². The Morgan fingerprint density at radius 3 is 2.45 bits per heavy atom. The molecule has 3 amide bonds. The molecule has 0 spiro atoms. The number of carbonyl (C=O) groups is 4. The van der Waals surface area contributed by atoms with E-state index in [-0.39, 0.29) is 24.7 Å². The number of benzene rings is 2. The molecule has 3 rings (SSSR count). The van der Waals surface area contributed by atoms with E-state index in [0.29, 0.717) is 19.3 Å². The SMILES string of the molecule is Cc1ccc(/C=C/C(=O)N[C@@H](Cc2ccccc2)C(=O)N[C@H](C=O)C[C@@H]2CCNC2=O)cc1. The van der Waals surface area contributed by atoms with Gasteiger partial charge in [-0.3, -0.25) is 14.4 Å². The van der Waals surface area contributed by atoms with Gasteiger partial charge >= 0.3 is 0 Å². The van der Waals surface area contributed by atoms with Crippen LogP contribution >= 0.6 is 0 Å². The molecule has 0 aromatic heterocycles. The zero-order chi connectivity index (χ0) is 23.6. The molecule has 2 aromatic carbocycles. The maximum absolute atomic E-state index is 13.0. The monoisotopic (exact) mass is 447 g/mol. The van der Waals surface area contributed by atoms with E-state index in [1.807, 2.05) is 61.5 Å². The molecule has 0 saturated carbocycles. The molecule has 1 heterocycles. The molecule has 172 valence electrons. The van der Waals surface area contributed by atoms with Crippen LogP contribution in [0, 0.1) is 12.8 Å². The van der Waals surface area contributed by atoms with Gasteiger partial charge in [0.05, 0.1) is 6.04 Å². The lowest BCUT2D eigenvalue weighted by Gasteiger charge is -2.21. The highest BCUT2D eigenvalue weighted by molar-refractivity contribution is 5.96. The van der Waals surface area contributed by atoms with Gasteiger partial charge in [-0.05, 0) is 37.0 Å². The number of hydrogen-bond acceptors (Lipinski definition) is 4. The van der Waals surface area contributed by atoms with Gasteiger partial charge in [0.1, 0.15) is 12.3 Å². The first kappa shape index (κ1) is 23.9. The van der Waals surface area contributed by atoms with Gasteiger partial charge in [0.25, 0.3) is 0 Å². The van der Waals surface area contributed by atoms with Crippen molar-refractivity contribution in [2.45, 2.75) is 38.3 Å². The summed E-state index contributed by atoms with van der Waals surface area (Å²) in [6, 6.07) is 15.4. The standard InChI is InChI=1S/C26H29N3O4/c1-18-7-9-19(10-8-18)11-12-24(31)29-23(15-20-5-3-2-4-6-20)26(33)28-22(17-30)16-21-13-14-27-25(21)32/h2-12,17,21-23H,13-16H2,1H3,(H,27,32)(H,28,33)(H,29,31)/b12-11+/t21-,22-,23-/m0/s1. The van der Waals surface area contributed by atoms with Crippen LogP contribution in [0.4, 0.5) is 0 Å². The van der Waals surface area contributed by atoms with Gasteiger partial charge in [0.15, 0.2) is 0 Å². The lowest BCUT2D eigenvalue weighted by Crippen LogP contribution is -2.51. The Labute approximate surface area is 193 Å². The van der Waals surface area contributed by atoms with Gasteiger partial charge in [-0.2, -0.15) is 0 Å². The van der Waals surface area contributed by atoms with Crippen molar-refractivity contribution >= 4 is 30.1 Å². The van der Waals surface area contributed by atoms with Gasteiger partial charge in [-0.25, -0.2) is 0 Å². The maximum Gasteiger partial charge on any atom is 0.244 e. The van der Waals surface area contributed by atoms with Crippen LogP contribution in [-0.2, 0) is 25.6 Å². The van der Waals surface area contributed by atoms with E-state index in [2.05, 4.69) is 16.0 Å². The lowest BCUT2D eigenvalue weighted by molar-refractivity contribution is -0.129. The van der Waals surface area contributed by atoms with Crippen LogP contribution in [0.1, 0.15) is 29.5 Å². The Hall–Kier alpha value is -3.74. The fraction of sp³-hybridized carbons (Fsp3) is 0.308. The zero-order valence-electron chi connectivity index (χ0n) is 18.6. The smallest absolute Gasteiger partial charge is 0.244 e. The second-order valence-electron chi connectivity index (χ2n) is 8.26. The molecule has 0 unspecified atom stereocenters. The molecule has 0 bridgehead atoms.